The van der Waals surface area contributed by atoms with E-state index in [0.717, 1.165) is 0 Å². The van der Waals surface area contributed by atoms with Gasteiger partial charge < -0.3 is 9.94 Å². The topological polar surface area (TPSA) is 82.7 Å². The van der Waals surface area contributed by atoms with E-state index in [1.807, 2.05) is 0 Å². The van der Waals surface area contributed by atoms with Crippen LogP contribution in [0.1, 0.15) is 10.4 Å². The van der Waals surface area contributed by atoms with Crippen LogP contribution >= 0.6 is 15.9 Å². The molecular weight excluding hydrogens is 276 g/mol. The van der Waals surface area contributed by atoms with Crippen LogP contribution in [0.3, 0.4) is 0 Å². The Morgan fingerprint density at radius 1 is 1.62 bits per heavy atom. The molecule has 0 aliphatic carbocycles. The maximum atomic E-state index is 11.7. The van der Waals surface area contributed by atoms with Gasteiger partial charge in [-0.25, -0.2) is 0 Å². The zero-order valence-corrected chi connectivity index (χ0v) is 9.85. The zero-order chi connectivity index (χ0) is 12.1. The normalized spacial score (nSPS) is 10.7. The molecule has 82 valence electrons. The van der Waals surface area contributed by atoms with Crippen LogP contribution in [0.4, 0.5) is 0 Å². The molecule has 1 rings (SSSR count). The molecule has 0 amide bonds. The molecule has 1 N–H and O–H groups in total. The molecule has 0 bridgehead atoms. The molecule has 0 radical (unpaired) electrons. The first-order valence-electron chi connectivity index (χ1n) is 4.14. The average molecular weight is 283 g/mol. The standard InChI is InChI=1S/C10H7BrN2O3/c1-16-6-2-3-8(11)7(4-6)10(14)9(5-12)13-15/h2-4,15H,1H3. The van der Waals surface area contributed by atoms with Gasteiger partial charge in [-0.15, -0.1) is 0 Å². The number of oxime groups is 1. The predicted octanol–water partition coefficient (Wildman–Crippen LogP) is 1.99. The number of benzene rings is 1. The highest BCUT2D eigenvalue weighted by atomic mass is 79.9. The molecule has 0 heterocycles. The monoisotopic (exact) mass is 282 g/mol. The van der Waals surface area contributed by atoms with Crippen LogP contribution in [-0.2, 0) is 0 Å². The minimum Gasteiger partial charge on any atom is -0.497 e. The number of nitriles is 1. The highest BCUT2D eigenvalue weighted by Gasteiger charge is 2.18. The van der Waals surface area contributed by atoms with Gasteiger partial charge in [-0.1, -0.05) is 21.1 Å². The first-order chi connectivity index (χ1) is 7.63. The van der Waals surface area contributed by atoms with Gasteiger partial charge in [-0.05, 0) is 18.2 Å². The summed E-state index contributed by atoms with van der Waals surface area (Å²) in [5.41, 5.74) is -0.373. The third-order valence-corrected chi connectivity index (χ3v) is 2.53. The third-order valence-electron chi connectivity index (χ3n) is 1.84. The molecular formula is C10H7BrN2O3. The Bertz CT molecular complexity index is 491. The van der Waals surface area contributed by atoms with E-state index >= 15 is 0 Å². The van der Waals surface area contributed by atoms with E-state index in [0.29, 0.717) is 10.2 Å². The van der Waals surface area contributed by atoms with Crippen LogP contribution in [0.2, 0.25) is 0 Å². The van der Waals surface area contributed by atoms with E-state index < -0.39 is 11.5 Å². The molecule has 1 aromatic rings. The average Bonchev–Trinajstić information content (AvgIpc) is 2.31. The van der Waals surface area contributed by atoms with Crippen molar-refractivity contribution in [2.75, 3.05) is 7.11 Å². The zero-order valence-electron chi connectivity index (χ0n) is 8.27. The number of nitrogens with zero attached hydrogens (tertiary/aromatic N) is 2. The molecule has 0 atom stereocenters. The van der Waals surface area contributed by atoms with Gasteiger partial charge in [0.25, 0.3) is 0 Å². The summed E-state index contributed by atoms with van der Waals surface area (Å²) >= 11 is 3.16. The summed E-state index contributed by atoms with van der Waals surface area (Å²) in [6, 6.07) is 6.22. The van der Waals surface area contributed by atoms with Crippen LogP contribution in [-0.4, -0.2) is 23.8 Å². The highest BCUT2D eigenvalue weighted by Crippen LogP contribution is 2.23. The minimum atomic E-state index is -0.671. The molecule has 0 aliphatic rings. The Hall–Kier alpha value is -1.87. The number of ketones is 1. The van der Waals surface area contributed by atoms with Gasteiger partial charge >= 0.3 is 0 Å². The van der Waals surface area contributed by atoms with Crippen LogP contribution < -0.4 is 4.74 Å². The number of carbonyl (C=O) groups excluding carboxylic acids is 1. The molecule has 0 fully saturated rings. The molecule has 0 saturated carbocycles. The van der Waals surface area contributed by atoms with Crippen molar-refractivity contribution in [2.24, 2.45) is 5.16 Å². The van der Waals surface area contributed by atoms with Crippen molar-refractivity contribution in [2.45, 2.75) is 0 Å². The summed E-state index contributed by atoms with van der Waals surface area (Å²) in [7, 11) is 1.46. The first kappa shape index (κ1) is 12.2. The number of Topliss-reactive ketones (excluding diaryl/α,β-unsaturated/α-hetero) is 1. The Morgan fingerprint density at radius 2 is 2.31 bits per heavy atom. The maximum absolute atomic E-state index is 11.7. The SMILES string of the molecule is COc1ccc(Br)c(C(=O)C(C#N)=NO)c1. The number of halogens is 1. The van der Waals surface area contributed by atoms with Crippen molar-refractivity contribution in [3.8, 4) is 11.8 Å². The number of methoxy groups -OCH3 is 1. The Labute approximate surface area is 100 Å². The van der Waals surface area contributed by atoms with Gasteiger partial charge in [0.1, 0.15) is 11.8 Å². The van der Waals surface area contributed by atoms with E-state index in [9.17, 15) is 4.79 Å². The summed E-state index contributed by atoms with van der Waals surface area (Å²) in [6.45, 7) is 0. The lowest BCUT2D eigenvalue weighted by Gasteiger charge is -2.04. The first-order valence-corrected chi connectivity index (χ1v) is 4.93. The summed E-state index contributed by atoms with van der Waals surface area (Å²) in [5, 5.41) is 19.7. The fraction of sp³-hybridized carbons (Fsp3) is 0.100. The molecule has 6 heteroatoms. The number of hydrogen-bond donors (Lipinski definition) is 1. The van der Waals surface area contributed by atoms with Gasteiger partial charge in [0, 0.05) is 10.0 Å². The van der Waals surface area contributed by atoms with E-state index in [1.165, 1.54) is 19.2 Å². The van der Waals surface area contributed by atoms with Crippen molar-refractivity contribution in [1.29, 1.82) is 5.26 Å². The molecule has 0 saturated heterocycles. The van der Waals surface area contributed by atoms with Gasteiger partial charge in [0.2, 0.25) is 11.5 Å². The van der Waals surface area contributed by atoms with Crippen LogP contribution in [0, 0.1) is 11.3 Å². The predicted molar refractivity (Wildman–Crippen MR) is 59.9 cm³/mol. The summed E-state index contributed by atoms with van der Waals surface area (Å²) < 4.78 is 5.44. The van der Waals surface area contributed by atoms with E-state index in [-0.39, 0.29) is 5.56 Å². The van der Waals surface area contributed by atoms with Gasteiger partial charge in [0.15, 0.2) is 0 Å². The number of hydrogen-bond acceptors (Lipinski definition) is 5. The second kappa shape index (κ2) is 5.28. The van der Waals surface area contributed by atoms with Crippen molar-refractivity contribution in [1.82, 2.24) is 0 Å². The second-order valence-corrected chi connectivity index (χ2v) is 3.59. The van der Waals surface area contributed by atoms with Crippen molar-refractivity contribution in [3.63, 3.8) is 0 Å². The summed E-state index contributed by atoms with van der Waals surface area (Å²) in [4.78, 5) is 11.7. The quantitative estimate of drug-likeness (QED) is 0.398. The lowest BCUT2D eigenvalue weighted by molar-refractivity contribution is 0.106. The second-order valence-electron chi connectivity index (χ2n) is 2.74. The summed E-state index contributed by atoms with van der Waals surface area (Å²) in [5.74, 6) is -0.197. The smallest absolute Gasteiger partial charge is 0.227 e. The van der Waals surface area contributed by atoms with Crippen molar-refractivity contribution in [3.05, 3.63) is 28.2 Å². The molecule has 0 aliphatic heterocycles. The Morgan fingerprint density at radius 3 is 2.81 bits per heavy atom. The van der Waals surface area contributed by atoms with E-state index in [4.69, 9.17) is 15.2 Å². The Kier molecular flexibility index (Phi) is 4.03. The lowest BCUT2D eigenvalue weighted by Crippen LogP contribution is -2.13. The van der Waals surface area contributed by atoms with Gasteiger partial charge in [0.05, 0.1) is 7.11 Å². The fourth-order valence-corrected chi connectivity index (χ4v) is 1.48. The third kappa shape index (κ3) is 2.38. The lowest BCUT2D eigenvalue weighted by atomic mass is 10.1. The van der Waals surface area contributed by atoms with E-state index in [1.54, 1.807) is 12.1 Å². The number of rotatable bonds is 3. The minimum absolute atomic E-state index is 0.203. The maximum Gasteiger partial charge on any atom is 0.227 e. The molecule has 0 aromatic heterocycles. The highest BCUT2D eigenvalue weighted by molar-refractivity contribution is 9.10. The Balaban J connectivity index is 3.23. The van der Waals surface area contributed by atoms with Crippen LogP contribution in [0.15, 0.2) is 27.8 Å². The number of ether oxygens (including phenoxy) is 1. The van der Waals surface area contributed by atoms with Crippen LogP contribution in [0.5, 0.6) is 5.75 Å². The van der Waals surface area contributed by atoms with Crippen LogP contribution in [0.25, 0.3) is 0 Å². The van der Waals surface area contributed by atoms with Gasteiger partial charge in [-0.3, -0.25) is 4.79 Å². The largest absolute Gasteiger partial charge is 0.497 e. The molecule has 0 spiro atoms. The van der Waals surface area contributed by atoms with Crippen molar-refractivity contribution < 1.29 is 14.7 Å². The molecule has 5 nitrogen and oxygen atoms in total. The fourth-order valence-electron chi connectivity index (χ4n) is 1.05. The summed E-state index contributed by atoms with van der Waals surface area (Å²) in [6.07, 6.45) is 0. The van der Waals surface area contributed by atoms with Crippen molar-refractivity contribution >= 4 is 27.4 Å². The molecule has 0 unspecified atom stereocenters. The van der Waals surface area contributed by atoms with E-state index in [2.05, 4.69) is 21.1 Å². The van der Waals surface area contributed by atoms with Gasteiger partial charge in [-0.2, -0.15) is 5.26 Å². The number of carbonyl (C=O) groups is 1. The molecule has 1 aromatic carbocycles. The molecule has 16 heavy (non-hydrogen) atoms.